The highest BCUT2D eigenvalue weighted by Crippen LogP contribution is 2.37. The van der Waals surface area contributed by atoms with Crippen molar-refractivity contribution >= 4 is 22.7 Å². The molecule has 3 aromatic rings. The molecule has 0 unspecified atom stereocenters. The molecule has 1 aromatic carbocycles. The Morgan fingerprint density at radius 2 is 2.04 bits per heavy atom. The largest absolute Gasteiger partial charge is 0.338 e. The molecule has 27 heavy (non-hydrogen) atoms. The van der Waals surface area contributed by atoms with E-state index in [0.717, 1.165) is 55.0 Å². The van der Waals surface area contributed by atoms with Crippen molar-refractivity contribution in [2.75, 3.05) is 0 Å². The SMILES string of the molecule is CCCc1noc([C@@H](C)Sc2nc3ccccc3c(=O)n2C2CCCC2)n1. The number of rotatable bonds is 6. The molecule has 0 spiro atoms. The molecule has 0 amide bonds. The van der Waals surface area contributed by atoms with Gasteiger partial charge in [0.2, 0.25) is 5.89 Å². The second-order valence-corrected chi connectivity index (χ2v) is 8.39. The van der Waals surface area contributed by atoms with Crippen molar-refractivity contribution in [3.05, 3.63) is 46.3 Å². The molecule has 4 rings (SSSR count). The lowest BCUT2D eigenvalue weighted by Gasteiger charge is -2.19. The molecule has 2 aromatic heterocycles. The maximum atomic E-state index is 13.2. The first-order valence-electron chi connectivity index (χ1n) is 9.67. The Balaban J connectivity index is 1.72. The fourth-order valence-corrected chi connectivity index (χ4v) is 4.67. The molecule has 1 atom stereocenters. The summed E-state index contributed by atoms with van der Waals surface area (Å²) in [5.74, 6) is 1.32. The van der Waals surface area contributed by atoms with Crippen LogP contribution in [0.1, 0.15) is 69.0 Å². The van der Waals surface area contributed by atoms with Crippen LogP contribution in [0, 0.1) is 0 Å². The van der Waals surface area contributed by atoms with Crippen LogP contribution in [0.15, 0.2) is 38.7 Å². The van der Waals surface area contributed by atoms with E-state index in [2.05, 4.69) is 17.1 Å². The molecule has 2 heterocycles. The lowest BCUT2D eigenvalue weighted by molar-refractivity contribution is 0.374. The highest BCUT2D eigenvalue weighted by molar-refractivity contribution is 7.99. The van der Waals surface area contributed by atoms with Gasteiger partial charge in [0.05, 0.1) is 16.2 Å². The van der Waals surface area contributed by atoms with Crippen LogP contribution in [-0.4, -0.2) is 19.7 Å². The Hall–Kier alpha value is -2.15. The Morgan fingerprint density at radius 3 is 2.81 bits per heavy atom. The number of hydrogen-bond donors (Lipinski definition) is 0. The third-order valence-electron chi connectivity index (χ3n) is 5.05. The number of fused-ring (bicyclic) bond motifs is 1. The van der Waals surface area contributed by atoms with Gasteiger partial charge < -0.3 is 4.52 Å². The van der Waals surface area contributed by atoms with Gasteiger partial charge in [0, 0.05) is 12.5 Å². The zero-order valence-corrected chi connectivity index (χ0v) is 16.5. The first-order valence-corrected chi connectivity index (χ1v) is 10.6. The maximum absolute atomic E-state index is 13.2. The summed E-state index contributed by atoms with van der Waals surface area (Å²) in [6.45, 7) is 4.11. The second-order valence-electron chi connectivity index (χ2n) is 7.08. The van der Waals surface area contributed by atoms with Crippen LogP contribution in [-0.2, 0) is 6.42 Å². The fourth-order valence-electron chi connectivity index (χ4n) is 3.66. The molecule has 7 heteroatoms. The Labute approximate surface area is 162 Å². The van der Waals surface area contributed by atoms with Crippen LogP contribution < -0.4 is 5.56 Å². The predicted octanol–water partition coefficient (Wildman–Crippen LogP) is 4.70. The van der Waals surface area contributed by atoms with Crippen LogP contribution in [0.4, 0.5) is 0 Å². The topological polar surface area (TPSA) is 73.8 Å². The van der Waals surface area contributed by atoms with Crippen LogP contribution in [0.3, 0.4) is 0 Å². The standard InChI is InChI=1S/C20H24N4O2S/c1-3-8-17-22-18(26-23-17)13(2)27-20-21-16-12-7-6-11-15(16)19(25)24(20)14-9-4-5-10-14/h6-7,11-14H,3-5,8-10H2,1-2H3/t13-/m1/s1. The van der Waals surface area contributed by atoms with Crippen LogP contribution in [0.5, 0.6) is 0 Å². The van der Waals surface area contributed by atoms with Crippen molar-refractivity contribution in [2.45, 2.75) is 68.8 Å². The fraction of sp³-hybridized carbons (Fsp3) is 0.500. The van der Waals surface area contributed by atoms with E-state index in [1.807, 2.05) is 35.8 Å². The van der Waals surface area contributed by atoms with E-state index in [0.29, 0.717) is 11.3 Å². The number of benzene rings is 1. The first kappa shape index (κ1) is 18.2. The highest BCUT2D eigenvalue weighted by Gasteiger charge is 2.25. The van der Waals surface area contributed by atoms with Crippen LogP contribution >= 0.6 is 11.8 Å². The molecule has 0 bridgehead atoms. The molecular weight excluding hydrogens is 360 g/mol. The first-order chi connectivity index (χ1) is 13.2. The number of thioether (sulfide) groups is 1. The van der Waals surface area contributed by atoms with Crippen molar-refractivity contribution in [1.29, 1.82) is 0 Å². The van der Waals surface area contributed by atoms with Gasteiger partial charge in [-0.25, -0.2) is 4.98 Å². The minimum Gasteiger partial charge on any atom is -0.338 e. The molecule has 6 nitrogen and oxygen atoms in total. The highest BCUT2D eigenvalue weighted by atomic mass is 32.2. The normalized spacial score (nSPS) is 16.2. The average molecular weight is 385 g/mol. The van der Waals surface area contributed by atoms with E-state index in [9.17, 15) is 4.79 Å². The summed E-state index contributed by atoms with van der Waals surface area (Å²) >= 11 is 1.53. The lowest BCUT2D eigenvalue weighted by atomic mass is 10.2. The Bertz CT molecular complexity index is 991. The van der Waals surface area contributed by atoms with E-state index in [-0.39, 0.29) is 16.9 Å². The summed E-state index contributed by atoms with van der Waals surface area (Å²) in [6.07, 6.45) is 6.17. The third-order valence-corrected chi connectivity index (χ3v) is 6.11. The van der Waals surface area contributed by atoms with Crippen molar-refractivity contribution in [1.82, 2.24) is 19.7 Å². The average Bonchev–Trinajstić information content (AvgIpc) is 3.34. The summed E-state index contributed by atoms with van der Waals surface area (Å²) in [7, 11) is 0. The zero-order valence-electron chi connectivity index (χ0n) is 15.7. The quantitative estimate of drug-likeness (QED) is 0.453. The van der Waals surface area contributed by atoms with E-state index >= 15 is 0 Å². The summed E-state index contributed by atoms with van der Waals surface area (Å²) in [5.41, 5.74) is 0.794. The van der Waals surface area contributed by atoms with Crippen LogP contribution in [0.25, 0.3) is 10.9 Å². The van der Waals surface area contributed by atoms with Crippen molar-refractivity contribution in [3.8, 4) is 0 Å². The zero-order chi connectivity index (χ0) is 18.8. The molecule has 1 aliphatic carbocycles. The third kappa shape index (κ3) is 3.65. The van der Waals surface area contributed by atoms with E-state index < -0.39 is 0 Å². The van der Waals surface area contributed by atoms with E-state index in [4.69, 9.17) is 9.51 Å². The monoisotopic (exact) mass is 384 g/mol. The molecule has 1 saturated carbocycles. The predicted molar refractivity (Wildman–Crippen MR) is 106 cm³/mol. The molecule has 0 radical (unpaired) electrons. The molecule has 142 valence electrons. The van der Waals surface area contributed by atoms with Crippen molar-refractivity contribution in [3.63, 3.8) is 0 Å². The molecular formula is C20H24N4O2S. The number of nitrogens with zero attached hydrogens (tertiary/aromatic N) is 4. The van der Waals surface area contributed by atoms with Crippen LogP contribution in [0.2, 0.25) is 0 Å². The van der Waals surface area contributed by atoms with Gasteiger partial charge in [0.25, 0.3) is 5.56 Å². The number of para-hydroxylation sites is 1. The smallest absolute Gasteiger partial charge is 0.262 e. The van der Waals surface area contributed by atoms with Crippen molar-refractivity contribution in [2.24, 2.45) is 0 Å². The Kier molecular flexibility index (Phi) is 5.29. The molecule has 0 aliphatic heterocycles. The van der Waals surface area contributed by atoms with Gasteiger partial charge in [-0.05, 0) is 38.3 Å². The Morgan fingerprint density at radius 1 is 1.26 bits per heavy atom. The lowest BCUT2D eigenvalue weighted by Crippen LogP contribution is -2.26. The molecule has 0 N–H and O–H groups in total. The number of aromatic nitrogens is 4. The molecule has 1 fully saturated rings. The minimum absolute atomic E-state index is 0.0550. The molecule has 0 saturated heterocycles. The molecule has 1 aliphatic rings. The summed E-state index contributed by atoms with van der Waals surface area (Å²) in [4.78, 5) is 22.5. The van der Waals surface area contributed by atoms with Gasteiger partial charge in [-0.2, -0.15) is 4.98 Å². The second kappa shape index (κ2) is 7.84. The number of hydrogen-bond acceptors (Lipinski definition) is 6. The minimum atomic E-state index is -0.0659. The van der Waals surface area contributed by atoms with Gasteiger partial charge in [-0.3, -0.25) is 9.36 Å². The van der Waals surface area contributed by atoms with Gasteiger partial charge in [0.15, 0.2) is 11.0 Å². The summed E-state index contributed by atoms with van der Waals surface area (Å²) in [5, 5.41) is 5.41. The summed E-state index contributed by atoms with van der Waals surface area (Å²) in [6, 6.07) is 7.80. The number of aryl methyl sites for hydroxylation is 1. The van der Waals surface area contributed by atoms with Gasteiger partial charge in [-0.15, -0.1) is 0 Å². The van der Waals surface area contributed by atoms with Gasteiger partial charge in [0.1, 0.15) is 0 Å². The maximum Gasteiger partial charge on any atom is 0.262 e. The van der Waals surface area contributed by atoms with E-state index in [1.165, 1.54) is 11.8 Å². The van der Waals surface area contributed by atoms with Gasteiger partial charge in [-0.1, -0.05) is 48.8 Å². The van der Waals surface area contributed by atoms with Crippen molar-refractivity contribution < 1.29 is 4.52 Å². The van der Waals surface area contributed by atoms with Gasteiger partial charge >= 0.3 is 0 Å². The van der Waals surface area contributed by atoms with E-state index in [1.54, 1.807) is 0 Å². The summed E-state index contributed by atoms with van der Waals surface area (Å²) < 4.78 is 7.34.